The lowest BCUT2D eigenvalue weighted by molar-refractivity contribution is 0.337. The fourth-order valence-corrected chi connectivity index (χ4v) is 1.32. The van der Waals surface area contributed by atoms with E-state index in [4.69, 9.17) is 4.74 Å². The fourth-order valence-electron chi connectivity index (χ4n) is 1.32. The second-order valence-corrected chi connectivity index (χ2v) is 3.45. The number of ether oxygens (including phenoxy) is 1. The Hall–Kier alpha value is -1.31. The zero-order valence-electron chi connectivity index (χ0n) is 8.91. The molecule has 0 unspecified atom stereocenters. The van der Waals surface area contributed by atoms with Gasteiger partial charge in [0.15, 0.2) is 5.75 Å². The molecule has 0 atom stereocenters. The predicted octanol–water partition coefficient (Wildman–Crippen LogP) is 2.57. The molecule has 0 aromatic heterocycles. The first-order valence-electron chi connectivity index (χ1n) is 4.92. The van der Waals surface area contributed by atoms with Crippen LogP contribution in [0.4, 0.5) is 0 Å². The summed E-state index contributed by atoms with van der Waals surface area (Å²) in [5.41, 5.74) is 0.810. The first-order chi connectivity index (χ1) is 6.66. The molecular weight excluding hydrogens is 176 g/mol. The summed E-state index contributed by atoms with van der Waals surface area (Å²) in [6.45, 7) is 6.41. The number of hydrogen-bond acceptors (Lipinski definition) is 2. The van der Waals surface area contributed by atoms with Crippen molar-refractivity contribution in [3.63, 3.8) is 0 Å². The molecule has 0 spiro atoms. The Balaban J connectivity index is 3.28. The van der Waals surface area contributed by atoms with Crippen LogP contribution in [0.3, 0.4) is 0 Å². The van der Waals surface area contributed by atoms with Crippen LogP contribution in [0.2, 0.25) is 0 Å². The highest BCUT2D eigenvalue weighted by molar-refractivity contribution is 5.28. The zero-order valence-corrected chi connectivity index (χ0v) is 8.91. The van der Waals surface area contributed by atoms with Gasteiger partial charge in [0.05, 0.1) is 6.61 Å². The lowest BCUT2D eigenvalue weighted by Crippen LogP contribution is -2.11. The maximum absolute atomic E-state index is 11.9. The SMILES string of the molecule is CCOc1ccccc(C(C)C)c1=O. The van der Waals surface area contributed by atoms with Gasteiger partial charge in [-0.15, -0.1) is 0 Å². The van der Waals surface area contributed by atoms with Crippen LogP contribution in [0, 0.1) is 0 Å². The van der Waals surface area contributed by atoms with Crippen molar-refractivity contribution in [3.8, 4) is 5.75 Å². The summed E-state index contributed by atoms with van der Waals surface area (Å²) < 4.78 is 5.27. The molecule has 0 aliphatic heterocycles. The molecule has 2 heteroatoms. The van der Waals surface area contributed by atoms with E-state index in [2.05, 4.69) is 0 Å². The Kier molecular flexibility index (Phi) is 3.69. The Morgan fingerprint density at radius 2 is 1.93 bits per heavy atom. The summed E-state index contributed by atoms with van der Waals surface area (Å²) in [7, 11) is 0. The van der Waals surface area contributed by atoms with Crippen molar-refractivity contribution in [3.05, 3.63) is 40.1 Å². The maximum atomic E-state index is 11.9. The second kappa shape index (κ2) is 4.80. The third kappa shape index (κ3) is 2.34. The smallest absolute Gasteiger partial charge is 0.223 e. The van der Waals surface area contributed by atoms with E-state index in [0.29, 0.717) is 12.4 Å². The molecule has 2 nitrogen and oxygen atoms in total. The number of rotatable bonds is 3. The number of hydrogen-bond donors (Lipinski definition) is 0. The molecular formula is C12H16O2. The van der Waals surface area contributed by atoms with Crippen molar-refractivity contribution in [1.82, 2.24) is 0 Å². The van der Waals surface area contributed by atoms with Gasteiger partial charge in [-0.3, -0.25) is 4.79 Å². The molecule has 0 fully saturated rings. The van der Waals surface area contributed by atoms with E-state index in [9.17, 15) is 4.79 Å². The van der Waals surface area contributed by atoms with Crippen LogP contribution in [-0.4, -0.2) is 6.61 Å². The molecule has 1 rings (SSSR count). The van der Waals surface area contributed by atoms with Gasteiger partial charge in [-0.2, -0.15) is 0 Å². The molecule has 0 saturated heterocycles. The van der Waals surface area contributed by atoms with Gasteiger partial charge in [-0.25, -0.2) is 0 Å². The topological polar surface area (TPSA) is 26.3 Å². The van der Waals surface area contributed by atoms with E-state index in [1.165, 1.54) is 0 Å². The lowest BCUT2D eigenvalue weighted by atomic mass is 10.1. The van der Waals surface area contributed by atoms with E-state index in [1.807, 2.05) is 39.0 Å². The quantitative estimate of drug-likeness (QED) is 0.735. The van der Waals surface area contributed by atoms with Crippen molar-refractivity contribution in [2.24, 2.45) is 0 Å². The van der Waals surface area contributed by atoms with Gasteiger partial charge < -0.3 is 4.74 Å². The first-order valence-corrected chi connectivity index (χ1v) is 4.92. The molecule has 76 valence electrons. The van der Waals surface area contributed by atoms with Crippen LogP contribution in [0.25, 0.3) is 0 Å². The van der Waals surface area contributed by atoms with Crippen LogP contribution in [0.1, 0.15) is 32.3 Å². The third-order valence-corrected chi connectivity index (χ3v) is 2.04. The van der Waals surface area contributed by atoms with Crippen LogP contribution < -0.4 is 10.2 Å². The van der Waals surface area contributed by atoms with Crippen molar-refractivity contribution < 1.29 is 4.74 Å². The van der Waals surface area contributed by atoms with Crippen molar-refractivity contribution in [2.75, 3.05) is 6.61 Å². The average molecular weight is 192 g/mol. The molecule has 0 radical (unpaired) electrons. The van der Waals surface area contributed by atoms with Gasteiger partial charge in [0.1, 0.15) is 0 Å². The highest BCUT2D eigenvalue weighted by Crippen LogP contribution is 2.11. The van der Waals surface area contributed by atoms with Crippen molar-refractivity contribution in [1.29, 1.82) is 0 Å². The van der Waals surface area contributed by atoms with Gasteiger partial charge in [-0.05, 0) is 18.9 Å². The summed E-state index contributed by atoms with van der Waals surface area (Å²) in [6, 6.07) is 7.28. The van der Waals surface area contributed by atoms with Gasteiger partial charge in [0.25, 0.3) is 0 Å². The summed E-state index contributed by atoms with van der Waals surface area (Å²) in [6.07, 6.45) is 0. The van der Waals surface area contributed by atoms with Gasteiger partial charge in [0, 0.05) is 5.56 Å². The first kappa shape index (κ1) is 10.8. The monoisotopic (exact) mass is 192 g/mol. The normalized spacial score (nSPS) is 10.3. The highest BCUT2D eigenvalue weighted by Gasteiger charge is 2.06. The maximum Gasteiger partial charge on any atom is 0.223 e. The van der Waals surface area contributed by atoms with Gasteiger partial charge in [-0.1, -0.05) is 32.0 Å². The van der Waals surface area contributed by atoms with Gasteiger partial charge >= 0.3 is 0 Å². The molecule has 1 aromatic carbocycles. The Morgan fingerprint density at radius 1 is 1.29 bits per heavy atom. The van der Waals surface area contributed by atoms with E-state index in [0.717, 1.165) is 5.56 Å². The summed E-state index contributed by atoms with van der Waals surface area (Å²) in [4.78, 5) is 11.9. The second-order valence-electron chi connectivity index (χ2n) is 3.45. The van der Waals surface area contributed by atoms with E-state index < -0.39 is 0 Å². The van der Waals surface area contributed by atoms with E-state index in [1.54, 1.807) is 6.07 Å². The van der Waals surface area contributed by atoms with Crippen LogP contribution in [0.5, 0.6) is 5.75 Å². The summed E-state index contributed by atoms with van der Waals surface area (Å²) >= 11 is 0. The minimum absolute atomic E-state index is 0.00634. The van der Waals surface area contributed by atoms with Crippen LogP contribution in [-0.2, 0) is 0 Å². The summed E-state index contributed by atoms with van der Waals surface area (Å²) in [5, 5.41) is 0. The minimum Gasteiger partial charge on any atom is -0.490 e. The largest absolute Gasteiger partial charge is 0.490 e. The Bertz CT molecular complexity index is 356. The van der Waals surface area contributed by atoms with E-state index in [-0.39, 0.29) is 11.3 Å². The molecule has 0 aliphatic rings. The van der Waals surface area contributed by atoms with Crippen LogP contribution in [0.15, 0.2) is 29.1 Å². The molecule has 0 heterocycles. The highest BCUT2D eigenvalue weighted by atomic mass is 16.5. The third-order valence-electron chi connectivity index (χ3n) is 2.04. The zero-order chi connectivity index (χ0) is 10.6. The fraction of sp³-hybridized carbons (Fsp3) is 0.417. The molecule has 0 N–H and O–H groups in total. The summed E-state index contributed by atoms with van der Waals surface area (Å²) in [5.74, 6) is 0.676. The Morgan fingerprint density at radius 3 is 2.50 bits per heavy atom. The molecule has 0 aliphatic carbocycles. The molecule has 0 amide bonds. The predicted molar refractivity (Wildman–Crippen MR) is 58.0 cm³/mol. The molecule has 14 heavy (non-hydrogen) atoms. The average Bonchev–Trinajstić information content (AvgIpc) is 2.30. The van der Waals surface area contributed by atoms with Crippen molar-refractivity contribution in [2.45, 2.75) is 26.7 Å². The molecule has 0 bridgehead atoms. The lowest BCUT2D eigenvalue weighted by Gasteiger charge is -2.03. The van der Waals surface area contributed by atoms with Crippen molar-refractivity contribution >= 4 is 0 Å². The minimum atomic E-state index is 0.00634. The molecule has 0 saturated carbocycles. The molecule has 1 aromatic rings. The van der Waals surface area contributed by atoms with Gasteiger partial charge in [0.2, 0.25) is 5.43 Å². The van der Waals surface area contributed by atoms with Crippen LogP contribution >= 0.6 is 0 Å². The Labute approximate surface area is 84.5 Å². The van der Waals surface area contributed by atoms with E-state index >= 15 is 0 Å². The standard InChI is InChI=1S/C12H16O2/c1-4-14-11-8-6-5-7-10(9(2)3)12(11)13/h5-9H,4H2,1-3H3.